The zero-order valence-corrected chi connectivity index (χ0v) is 16.8. The molecule has 2 aliphatic rings. The van der Waals surface area contributed by atoms with Crippen molar-refractivity contribution in [1.82, 2.24) is 14.7 Å². The Morgan fingerprint density at radius 2 is 1.81 bits per heavy atom. The summed E-state index contributed by atoms with van der Waals surface area (Å²) in [6.45, 7) is 11.9. The quantitative estimate of drug-likeness (QED) is 0.750. The summed E-state index contributed by atoms with van der Waals surface area (Å²) in [5, 5.41) is 9.42. The van der Waals surface area contributed by atoms with Gasteiger partial charge in [-0.3, -0.25) is 4.79 Å². The number of hydrogen-bond acceptors (Lipinski definition) is 4. The third-order valence-corrected chi connectivity index (χ3v) is 5.89. The van der Waals surface area contributed by atoms with Crippen LogP contribution >= 0.6 is 0 Å². The van der Waals surface area contributed by atoms with Gasteiger partial charge in [-0.1, -0.05) is 20.4 Å². The Labute approximate surface area is 160 Å². The number of nitrogens with zero attached hydrogens (tertiary/aromatic N) is 3. The maximum absolute atomic E-state index is 12.8. The molecule has 0 aliphatic carbocycles. The fourth-order valence-corrected chi connectivity index (χ4v) is 4.39. The number of urea groups is 1. The second-order valence-electron chi connectivity index (χ2n) is 7.82. The summed E-state index contributed by atoms with van der Waals surface area (Å²) in [7, 11) is 1.53. The first-order chi connectivity index (χ1) is 12.6. The van der Waals surface area contributed by atoms with E-state index >= 15 is 0 Å². The number of carboxylic acids is 1. The molecule has 3 atom stereocenters. The first-order valence-electron chi connectivity index (χ1n) is 9.43. The number of ether oxygens (including phenoxy) is 1. The van der Waals surface area contributed by atoms with Crippen LogP contribution in [0.15, 0.2) is 12.7 Å². The maximum Gasteiger partial charge on any atom is 0.326 e. The van der Waals surface area contributed by atoms with Gasteiger partial charge in [0.15, 0.2) is 0 Å². The van der Waals surface area contributed by atoms with Crippen molar-refractivity contribution in [3.63, 3.8) is 0 Å². The maximum atomic E-state index is 12.8. The highest BCUT2D eigenvalue weighted by Gasteiger charge is 2.52. The van der Waals surface area contributed by atoms with Crippen LogP contribution in [0.1, 0.15) is 40.5 Å². The number of hydrogen-bond donors (Lipinski definition) is 1. The lowest BCUT2D eigenvalue weighted by Gasteiger charge is -2.43. The largest absolute Gasteiger partial charge is 0.480 e. The van der Waals surface area contributed by atoms with E-state index in [0.29, 0.717) is 25.9 Å². The summed E-state index contributed by atoms with van der Waals surface area (Å²) < 4.78 is 6.16. The second kappa shape index (κ2) is 7.88. The van der Waals surface area contributed by atoms with Gasteiger partial charge in [0.25, 0.3) is 0 Å². The molecule has 27 heavy (non-hydrogen) atoms. The van der Waals surface area contributed by atoms with Crippen LogP contribution in [0.3, 0.4) is 0 Å². The van der Waals surface area contributed by atoms with E-state index in [1.54, 1.807) is 23.6 Å². The molecule has 8 heteroatoms. The van der Waals surface area contributed by atoms with Crippen LogP contribution in [0.5, 0.6) is 0 Å². The summed E-state index contributed by atoms with van der Waals surface area (Å²) in [4.78, 5) is 41.1. The average molecular weight is 381 g/mol. The lowest BCUT2D eigenvalue weighted by Crippen LogP contribution is -2.57. The van der Waals surface area contributed by atoms with E-state index in [0.717, 1.165) is 0 Å². The number of piperidine rings is 1. The summed E-state index contributed by atoms with van der Waals surface area (Å²) in [5.41, 5.74) is -0.488. The molecular formula is C19H31N3O5. The Morgan fingerprint density at radius 1 is 1.26 bits per heavy atom. The van der Waals surface area contributed by atoms with Gasteiger partial charge in [-0.2, -0.15) is 0 Å². The molecule has 1 N–H and O–H groups in total. The van der Waals surface area contributed by atoms with Gasteiger partial charge in [-0.25, -0.2) is 9.59 Å². The predicted octanol–water partition coefficient (Wildman–Crippen LogP) is 1.76. The van der Waals surface area contributed by atoms with E-state index in [9.17, 15) is 19.5 Å². The molecule has 2 rings (SSSR count). The van der Waals surface area contributed by atoms with Gasteiger partial charge in [-0.05, 0) is 38.7 Å². The Balaban J connectivity index is 2.06. The van der Waals surface area contributed by atoms with Crippen LogP contribution < -0.4 is 0 Å². The number of carboxylic acid groups (broad SMARTS) is 1. The number of aliphatic carboxylic acids is 1. The molecule has 2 saturated heterocycles. The molecule has 2 fully saturated rings. The van der Waals surface area contributed by atoms with Crippen molar-refractivity contribution in [2.75, 3.05) is 20.1 Å². The minimum Gasteiger partial charge on any atom is -0.480 e. The lowest BCUT2D eigenvalue weighted by molar-refractivity contribution is -0.143. The second-order valence-corrected chi connectivity index (χ2v) is 7.82. The third kappa shape index (κ3) is 3.81. The summed E-state index contributed by atoms with van der Waals surface area (Å²) in [6.07, 6.45) is 2.14. The van der Waals surface area contributed by atoms with Crippen LogP contribution in [-0.2, 0) is 14.3 Å². The van der Waals surface area contributed by atoms with Crippen LogP contribution in [-0.4, -0.2) is 81.8 Å². The van der Waals surface area contributed by atoms with Gasteiger partial charge >= 0.3 is 12.0 Å². The van der Waals surface area contributed by atoms with Crippen molar-refractivity contribution in [3.05, 3.63) is 12.7 Å². The van der Waals surface area contributed by atoms with Gasteiger partial charge in [0, 0.05) is 20.1 Å². The van der Waals surface area contributed by atoms with Crippen molar-refractivity contribution >= 4 is 17.9 Å². The van der Waals surface area contributed by atoms with E-state index < -0.39 is 17.6 Å². The molecule has 0 bridgehead atoms. The predicted molar refractivity (Wildman–Crippen MR) is 100 cm³/mol. The molecule has 3 amide bonds. The molecule has 0 aromatic carbocycles. The van der Waals surface area contributed by atoms with Gasteiger partial charge in [0.1, 0.15) is 12.3 Å². The molecule has 0 aromatic rings. The molecule has 1 unspecified atom stereocenters. The highest BCUT2D eigenvalue weighted by molar-refractivity contribution is 5.87. The van der Waals surface area contributed by atoms with Crippen molar-refractivity contribution < 1.29 is 24.2 Å². The van der Waals surface area contributed by atoms with Gasteiger partial charge in [0.05, 0.1) is 11.6 Å². The van der Waals surface area contributed by atoms with Gasteiger partial charge in [-0.15, -0.1) is 0 Å². The number of amides is 3. The zero-order chi connectivity index (χ0) is 20.5. The standard InChI is InChI=1S/C19H31N3O5/c1-7-15(23)22-13(4)19(27-14(22)5)8-10-21(11-9-19)18(26)20(6)16(12(2)3)17(24)25/h7,12-14,16H,1,8-11H2,2-6H3,(H,24,25)/t13-,14-,16?/m1/s1. The Morgan fingerprint density at radius 3 is 2.26 bits per heavy atom. The number of likely N-dealkylation sites (N-methyl/N-ethyl adjacent to an activating group) is 1. The smallest absolute Gasteiger partial charge is 0.326 e. The fraction of sp³-hybridized carbons (Fsp3) is 0.737. The first kappa shape index (κ1) is 21.2. The van der Waals surface area contributed by atoms with Crippen LogP contribution in [0.4, 0.5) is 4.79 Å². The fourth-order valence-electron chi connectivity index (χ4n) is 4.39. The van der Waals surface area contributed by atoms with E-state index in [2.05, 4.69) is 6.58 Å². The summed E-state index contributed by atoms with van der Waals surface area (Å²) in [6, 6.07) is -1.27. The number of carbonyl (C=O) groups excluding carboxylic acids is 2. The molecule has 0 saturated carbocycles. The van der Waals surface area contributed by atoms with E-state index in [1.165, 1.54) is 18.0 Å². The van der Waals surface area contributed by atoms with Crippen LogP contribution in [0, 0.1) is 5.92 Å². The van der Waals surface area contributed by atoms with Crippen LogP contribution in [0.2, 0.25) is 0 Å². The Kier molecular flexibility index (Phi) is 6.19. The number of carbonyl (C=O) groups is 3. The Bertz CT molecular complexity index is 612. The van der Waals surface area contributed by atoms with E-state index in [-0.39, 0.29) is 30.1 Å². The first-order valence-corrected chi connectivity index (χ1v) is 9.43. The molecule has 0 aromatic heterocycles. The minimum atomic E-state index is -1.01. The average Bonchev–Trinajstić information content (AvgIpc) is 2.83. The molecule has 0 radical (unpaired) electrons. The molecule has 2 aliphatic heterocycles. The van der Waals surface area contributed by atoms with E-state index in [4.69, 9.17) is 4.74 Å². The number of rotatable bonds is 4. The third-order valence-electron chi connectivity index (χ3n) is 5.89. The highest BCUT2D eigenvalue weighted by atomic mass is 16.5. The van der Waals surface area contributed by atoms with E-state index in [1.807, 2.05) is 13.8 Å². The molecule has 1 spiro atoms. The van der Waals surface area contributed by atoms with Crippen molar-refractivity contribution in [1.29, 1.82) is 0 Å². The molecule has 2 heterocycles. The van der Waals surface area contributed by atoms with Gasteiger partial charge < -0.3 is 24.5 Å². The molecule has 152 valence electrons. The Hall–Kier alpha value is -2.09. The molecule has 8 nitrogen and oxygen atoms in total. The number of likely N-dealkylation sites (tertiary alicyclic amines) is 1. The monoisotopic (exact) mass is 381 g/mol. The van der Waals surface area contributed by atoms with Crippen LogP contribution in [0.25, 0.3) is 0 Å². The SMILES string of the molecule is C=CC(=O)N1[C@@H](C)OC2(CCN(C(=O)N(C)C(C(=O)O)C(C)C)CC2)[C@H]1C. The minimum absolute atomic E-state index is 0.115. The highest BCUT2D eigenvalue weighted by Crippen LogP contribution is 2.40. The normalized spacial score (nSPS) is 25.6. The molecular weight excluding hydrogens is 350 g/mol. The van der Waals surface area contributed by atoms with Crippen molar-refractivity contribution in [2.45, 2.75) is 64.4 Å². The van der Waals surface area contributed by atoms with Gasteiger partial charge in [0.2, 0.25) is 5.91 Å². The van der Waals surface area contributed by atoms with Crippen molar-refractivity contribution in [3.8, 4) is 0 Å². The summed E-state index contributed by atoms with van der Waals surface area (Å²) in [5.74, 6) is -1.36. The van der Waals surface area contributed by atoms with Crippen molar-refractivity contribution in [2.24, 2.45) is 5.92 Å². The topological polar surface area (TPSA) is 90.4 Å². The lowest BCUT2D eigenvalue weighted by atomic mass is 9.85. The zero-order valence-electron chi connectivity index (χ0n) is 16.8. The summed E-state index contributed by atoms with van der Waals surface area (Å²) >= 11 is 0.